The van der Waals surface area contributed by atoms with E-state index in [0.29, 0.717) is 24.5 Å². The van der Waals surface area contributed by atoms with Gasteiger partial charge in [-0.3, -0.25) is 9.10 Å². The zero-order chi connectivity index (χ0) is 21.3. The van der Waals surface area contributed by atoms with Crippen LogP contribution in [0.15, 0.2) is 53.4 Å². The molecule has 0 radical (unpaired) electrons. The van der Waals surface area contributed by atoms with Crippen molar-refractivity contribution in [2.45, 2.75) is 24.8 Å². The zero-order valence-electron chi connectivity index (χ0n) is 17.3. The summed E-state index contributed by atoms with van der Waals surface area (Å²) in [5.41, 5.74) is 1.44. The molecule has 1 fully saturated rings. The Balaban J connectivity index is 1.63. The maximum absolute atomic E-state index is 13.4. The quantitative estimate of drug-likeness (QED) is 0.745. The average Bonchev–Trinajstić information content (AvgIpc) is 2.78. The lowest BCUT2D eigenvalue weighted by Gasteiger charge is -2.39. The number of rotatable bonds is 4. The summed E-state index contributed by atoms with van der Waals surface area (Å²) in [6.07, 6.45) is -0.867. The summed E-state index contributed by atoms with van der Waals surface area (Å²) >= 11 is 0. The van der Waals surface area contributed by atoms with Crippen LogP contribution in [0.3, 0.4) is 0 Å². The molecule has 1 unspecified atom stereocenters. The molecule has 0 aromatic heterocycles. The van der Waals surface area contributed by atoms with Crippen molar-refractivity contribution in [2.75, 3.05) is 43.6 Å². The van der Waals surface area contributed by atoms with Crippen molar-refractivity contribution < 1.29 is 17.9 Å². The van der Waals surface area contributed by atoms with Crippen LogP contribution >= 0.6 is 0 Å². The molecule has 2 aliphatic rings. The number of aryl methyl sites for hydroxylation is 1. The third kappa shape index (κ3) is 3.89. The number of para-hydroxylation sites is 2. The van der Waals surface area contributed by atoms with Crippen molar-refractivity contribution in [3.63, 3.8) is 0 Å². The van der Waals surface area contributed by atoms with Crippen LogP contribution in [0.1, 0.15) is 12.5 Å². The van der Waals surface area contributed by atoms with Gasteiger partial charge < -0.3 is 14.5 Å². The molecule has 0 saturated carbocycles. The number of carbonyl (C=O) groups excluding carboxylic acids is 1. The molecule has 2 aromatic carbocycles. The van der Waals surface area contributed by atoms with E-state index < -0.39 is 16.1 Å². The van der Waals surface area contributed by atoms with E-state index in [-0.39, 0.29) is 17.3 Å². The van der Waals surface area contributed by atoms with Crippen molar-refractivity contribution >= 4 is 21.6 Å². The first-order chi connectivity index (χ1) is 14.4. The van der Waals surface area contributed by atoms with Gasteiger partial charge in [0.2, 0.25) is 0 Å². The topological polar surface area (TPSA) is 70.2 Å². The Morgan fingerprint density at radius 3 is 2.37 bits per heavy atom. The molecule has 1 amide bonds. The maximum Gasteiger partial charge on any atom is 0.265 e. The normalized spacial score (nSPS) is 19.9. The van der Waals surface area contributed by atoms with Gasteiger partial charge in [-0.25, -0.2) is 8.42 Å². The Kier molecular flexibility index (Phi) is 5.71. The van der Waals surface area contributed by atoms with Crippen LogP contribution in [0, 0.1) is 6.92 Å². The minimum Gasteiger partial charge on any atom is -0.476 e. The number of likely N-dealkylation sites (N-methyl/N-ethyl adjacent to an activating group) is 1. The number of amides is 1. The van der Waals surface area contributed by atoms with Crippen LogP contribution in [0.25, 0.3) is 0 Å². The Morgan fingerprint density at radius 1 is 1.03 bits per heavy atom. The first-order valence-corrected chi connectivity index (χ1v) is 11.7. The number of benzene rings is 2. The predicted octanol–water partition coefficient (Wildman–Crippen LogP) is 2.12. The predicted molar refractivity (Wildman–Crippen MR) is 115 cm³/mol. The van der Waals surface area contributed by atoms with E-state index in [1.54, 1.807) is 53.4 Å². The molecule has 30 heavy (non-hydrogen) atoms. The fraction of sp³-hybridized carbons (Fsp3) is 0.409. The molecule has 1 atom stereocenters. The van der Waals surface area contributed by atoms with Gasteiger partial charge in [-0.1, -0.05) is 36.8 Å². The molecule has 0 bridgehead atoms. The number of carbonyl (C=O) groups is 1. The highest BCUT2D eigenvalue weighted by molar-refractivity contribution is 7.92. The van der Waals surface area contributed by atoms with E-state index in [1.165, 1.54) is 4.31 Å². The second kappa shape index (κ2) is 8.28. The molecular weight excluding hydrogens is 402 g/mol. The molecule has 160 valence electrons. The summed E-state index contributed by atoms with van der Waals surface area (Å²) in [5, 5.41) is 0. The molecule has 2 aliphatic heterocycles. The molecule has 7 nitrogen and oxygen atoms in total. The van der Waals surface area contributed by atoms with Crippen LogP contribution in [-0.2, 0) is 14.8 Å². The minimum absolute atomic E-state index is 0.0416. The number of anilines is 1. The summed E-state index contributed by atoms with van der Waals surface area (Å²) in [5.74, 6) is 0.245. The van der Waals surface area contributed by atoms with E-state index >= 15 is 0 Å². The molecule has 8 heteroatoms. The minimum atomic E-state index is -3.83. The standard InChI is InChI=1S/C22H27N3O4S/c1-3-23-12-14-24(15-13-23)22(26)21-16-25(19-6-4-5-7-20(19)29-21)30(27,28)18-10-8-17(2)9-11-18/h4-11,21H,3,12-16H2,1-2H3. The Hall–Kier alpha value is -2.58. The van der Waals surface area contributed by atoms with Gasteiger partial charge >= 0.3 is 0 Å². The highest BCUT2D eigenvalue weighted by Crippen LogP contribution is 2.37. The Bertz CT molecular complexity index is 1010. The molecule has 2 aromatic rings. The van der Waals surface area contributed by atoms with Gasteiger partial charge in [0.1, 0.15) is 5.75 Å². The zero-order valence-corrected chi connectivity index (χ0v) is 18.1. The average molecular weight is 430 g/mol. The second-order valence-corrected chi connectivity index (χ2v) is 9.55. The third-order valence-electron chi connectivity index (χ3n) is 5.75. The van der Waals surface area contributed by atoms with E-state index in [1.807, 2.05) is 6.92 Å². The van der Waals surface area contributed by atoms with E-state index in [4.69, 9.17) is 4.74 Å². The van der Waals surface area contributed by atoms with E-state index in [0.717, 1.165) is 25.2 Å². The smallest absolute Gasteiger partial charge is 0.265 e. The molecule has 2 heterocycles. The van der Waals surface area contributed by atoms with Crippen molar-refractivity contribution in [1.82, 2.24) is 9.80 Å². The molecule has 4 rings (SSSR count). The van der Waals surface area contributed by atoms with Gasteiger partial charge in [-0.2, -0.15) is 0 Å². The Morgan fingerprint density at radius 2 is 1.70 bits per heavy atom. The van der Waals surface area contributed by atoms with E-state index in [9.17, 15) is 13.2 Å². The van der Waals surface area contributed by atoms with Gasteiger partial charge in [0.05, 0.1) is 17.1 Å². The summed E-state index contributed by atoms with van der Waals surface area (Å²) in [6, 6.07) is 13.7. The first-order valence-electron chi connectivity index (χ1n) is 10.3. The Labute approximate surface area is 177 Å². The van der Waals surface area contributed by atoms with Gasteiger partial charge in [0, 0.05) is 26.2 Å². The number of hydrogen-bond acceptors (Lipinski definition) is 5. The highest BCUT2D eigenvalue weighted by atomic mass is 32.2. The highest BCUT2D eigenvalue weighted by Gasteiger charge is 2.39. The lowest BCUT2D eigenvalue weighted by atomic mass is 10.2. The van der Waals surface area contributed by atoms with Gasteiger partial charge in [-0.15, -0.1) is 0 Å². The number of piperazine rings is 1. The summed E-state index contributed by atoms with van der Waals surface area (Å²) in [4.78, 5) is 17.4. The number of fused-ring (bicyclic) bond motifs is 1. The first kappa shape index (κ1) is 20.7. The van der Waals surface area contributed by atoms with Crippen molar-refractivity contribution in [1.29, 1.82) is 0 Å². The van der Waals surface area contributed by atoms with Gasteiger partial charge in [-0.05, 0) is 37.7 Å². The van der Waals surface area contributed by atoms with Crippen LogP contribution in [0.4, 0.5) is 5.69 Å². The fourth-order valence-corrected chi connectivity index (χ4v) is 5.36. The number of hydrogen-bond donors (Lipinski definition) is 0. The maximum atomic E-state index is 13.4. The fourth-order valence-electron chi connectivity index (χ4n) is 3.88. The van der Waals surface area contributed by atoms with E-state index in [2.05, 4.69) is 11.8 Å². The second-order valence-electron chi connectivity index (χ2n) is 7.68. The van der Waals surface area contributed by atoms with Crippen LogP contribution in [0.2, 0.25) is 0 Å². The van der Waals surface area contributed by atoms with Crippen molar-refractivity contribution in [2.24, 2.45) is 0 Å². The van der Waals surface area contributed by atoms with Crippen LogP contribution < -0.4 is 9.04 Å². The number of ether oxygens (including phenoxy) is 1. The van der Waals surface area contributed by atoms with Gasteiger partial charge in [0.25, 0.3) is 15.9 Å². The largest absolute Gasteiger partial charge is 0.476 e. The third-order valence-corrected chi connectivity index (χ3v) is 7.54. The summed E-state index contributed by atoms with van der Waals surface area (Å²) < 4.78 is 34.1. The number of sulfonamides is 1. The van der Waals surface area contributed by atoms with Gasteiger partial charge in [0.15, 0.2) is 6.10 Å². The van der Waals surface area contributed by atoms with Crippen LogP contribution in [0.5, 0.6) is 5.75 Å². The lowest BCUT2D eigenvalue weighted by molar-refractivity contribution is -0.140. The molecule has 1 saturated heterocycles. The molecular formula is C22H27N3O4S. The van der Waals surface area contributed by atoms with Crippen LogP contribution in [-0.4, -0.2) is 69.5 Å². The SMILES string of the molecule is CCN1CCN(C(=O)C2CN(S(=O)(=O)c3ccc(C)cc3)c3ccccc3O2)CC1. The van der Waals surface area contributed by atoms with Crippen molar-refractivity contribution in [3.8, 4) is 5.75 Å². The molecule has 0 N–H and O–H groups in total. The molecule has 0 aliphatic carbocycles. The monoisotopic (exact) mass is 429 g/mol. The lowest BCUT2D eigenvalue weighted by Crippen LogP contribution is -2.56. The van der Waals surface area contributed by atoms with Crippen molar-refractivity contribution in [3.05, 3.63) is 54.1 Å². The summed E-state index contributed by atoms with van der Waals surface area (Å²) in [6.45, 7) is 7.81. The summed E-state index contributed by atoms with van der Waals surface area (Å²) in [7, 11) is -3.83. The number of nitrogens with zero attached hydrogens (tertiary/aromatic N) is 3. The molecule has 0 spiro atoms.